The number of benzene rings is 1. The predicted molar refractivity (Wildman–Crippen MR) is 73.2 cm³/mol. The van der Waals surface area contributed by atoms with E-state index in [2.05, 4.69) is 5.32 Å². The zero-order chi connectivity index (χ0) is 15.2. The van der Waals surface area contributed by atoms with Crippen LogP contribution in [-0.2, 0) is 11.2 Å². The molecule has 0 aliphatic heterocycles. The van der Waals surface area contributed by atoms with E-state index in [4.69, 9.17) is 4.74 Å². The second-order valence-electron chi connectivity index (χ2n) is 5.69. The number of hydrogen-bond acceptors (Lipinski definition) is 2. The summed E-state index contributed by atoms with van der Waals surface area (Å²) in [5, 5.41) is 3.25. The van der Waals surface area contributed by atoms with E-state index in [9.17, 15) is 13.2 Å². The maximum Gasteiger partial charge on any atom is 0.161 e. The summed E-state index contributed by atoms with van der Waals surface area (Å²) < 4.78 is 44.4. The first-order valence-electron chi connectivity index (χ1n) is 6.69. The van der Waals surface area contributed by atoms with Crippen LogP contribution in [0.5, 0.6) is 0 Å². The molecule has 1 N–H and O–H groups in total. The Bertz CT molecular complexity index is 435. The van der Waals surface area contributed by atoms with E-state index in [0.717, 1.165) is 19.2 Å². The highest BCUT2D eigenvalue weighted by atomic mass is 19.2. The van der Waals surface area contributed by atoms with Crippen LogP contribution in [0.1, 0.15) is 25.8 Å². The number of aryl methyl sites for hydroxylation is 1. The molecule has 1 aromatic carbocycles. The molecule has 0 fully saturated rings. The van der Waals surface area contributed by atoms with Gasteiger partial charge in [-0.1, -0.05) is 13.8 Å². The minimum absolute atomic E-state index is 0.0644. The molecule has 0 unspecified atom stereocenters. The Labute approximate surface area is 118 Å². The molecule has 0 saturated carbocycles. The van der Waals surface area contributed by atoms with Gasteiger partial charge in [-0.2, -0.15) is 0 Å². The summed E-state index contributed by atoms with van der Waals surface area (Å²) >= 11 is 0. The Hall–Kier alpha value is -1.07. The Morgan fingerprint density at radius 2 is 1.75 bits per heavy atom. The number of hydrogen-bond donors (Lipinski definition) is 1. The van der Waals surface area contributed by atoms with Crippen LogP contribution >= 0.6 is 0 Å². The van der Waals surface area contributed by atoms with E-state index in [-0.39, 0.29) is 11.0 Å². The van der Waals surface area contributed by atoms with Crippen molar-refractivity contribution in [3.63, 3.8) is 0 Å². The van der Waals surface area contributed by atoms with Gasteiger partial charge in [0.1, 0.15) is 5.82 Å². The number of rotatable bonds is 8. The minimum atomic E-state index is -1.15. The predicted octanol–water partition coefficient (Wildman–Crippen LogP) is 3.30. The maximum atomic E-state index is 13.5. The Morgan fingerprint density at radius 1 is 1.10 bits per heavy atom. The fraction of sp³-hybridized carbons (Fsp3) is 0.600. The van der Waals surface area contributed by atoms with Gasteiger partial charge in [0.25, 0.3) is 0 Å². The highest BCUT2D eigenvalue weighted by Crippen LogP contribution is 2.24. The van der Waals surface area contributed by atoms with Crippen LogP contribution in [-0.4, -0.2) is 26.8 Å². The molecule has 0 aromatic heterocycles. The molecular formula is C15H22F3NO. The lowest BCUT2D eigenvalue weighted by atomic mass is 9.86. The van der Waals surface area contributed by atoms with Gasteiger partial charge in [-0.25, -0.2) is 13.2 Å². The van der Waals surface area contributed by atoms with E-state index >= 15 is 0 Å². The van der Waals surface area contributed by atoms with Gasteiger partial charge in [-0.05, 0) is 29.9 Å². The molecule has 20 heavy (non-hydrogen) atoms. The van der Waals surface area contributed by atoms with Crippen LogP contribution in [0.3, 0.4) is 0 Å². The monoisotopic (exact) mass is 289 g/mol. The molecule has 0 heterocycles. The molecule has 1 rings (SSSR count). The van der Waals surface area contributed by atoms with Crippen LogP contribution in [0.4, 0.5) is 13.2 Å². The van der Waals surface area contributed by atoms with Crippen molar-refractivity contribution >= 4 is 0 Å². The molecule has 0 amide bonds. The SMILES string of the molecule is COCCNCC(C)(C)CCc1cc(F)c(F)cc1F. The van der Waals surface area contributed by atoms with E-state index in [1.54, 1.807) is 7.11 Å². The third-order valence-electron chi connectivity index (χ3n) is 3.25. The van der Waals surface area contributed by atoms with E-state index in [0.29, 0.717) is 25.5 Å². The lowest BCUT2D eigenvalue weighted by Gasteiger charge is -2.25. The van der Waals surface area contributed by atoms with Crippen molar-refractivity contribution in [2.24, 2.45) is 5.41 Å². The first-order valence-corrected chi connectivity index (χ1v) is 6.69. The second-order valence-corrected chi connectivity index (χ2v) is 5.69. The highest BCUT2D eigenvalue weighted by Gasteiger charge is 2.19. The lowest BCUT2D eigenvalue weighted by molar-refractivity contribution is 0.193. The molecule has 0 spiro atoms. The normalized spacial score (nSPS) is 11.9. The largest absolute Gasteiger partial charge is 0.383 e. The summed E-state index contributed by atoms with van der Waals surface area (Å²) in [5.74, 6) is -2.84. The van der Waals surface area contributed by atoms with Gasteiger partial charge in [0.05, 0.1) is 6.61 Å². The molecule has 114 valence electrons. The molecule has 0 radical (unpaired) electrons. The van der Waals surface area contributed by atoms with Crippen molar-refractivity contribution in [3.8, 4) is 0 Å². The van der Waals surface area contributed by atoms with Crippen molar-refractivity contribution in [3.05, 3.63) is 35.1 Å². The van der Waals surface area contributed by atoms with Gasteiger partial charge < -0.3 is 10.1 Å². The van der Waals surface area contributed by atoms with Gasteiger partial charge in [0.15, 0.2) is 11.6 Å². The average Bonchev–Trinajstić information content (AvgIpc) is 2.37. The Kier molecular flexibility index (Phi) is 6.49. The zero-order valence-corrected chi connectivity index (χ0v) is 12.2. The van der Waals surface area contributed by atoms with Crippen LogP contribution in [0, 0.1) is 22.9 Å². The first-order chi connectivity index (χ1) is 9.35. The third-order valence-corrected chi connectivity index (χ3v) is 3.25. The van der Waals surface area contributed by atoms with E-state index < -0.39 is 17.5 Å². The molecule has 0 aliphatic rings. The Balaban J connectivity index is 2.51. The molecule has 0 saturated heterocycles. The number of halogens is 3. The van der Waals surface area contributed by atoms with E-state index in [1.807, 2.05) is 13.8 Å². The standard InChI is InChI=1S/C15H22F3NO/c1-15(2,10-19-6-7-20-3)5-4-11-8-13(17)14(18)9-12(11)16/h8-9,19H,4-7,10H2,1-3H3. The van der Waals surface area contributed by atoms with Crippen LogP contribution in [0.25, 0.3) is 0 Å². The summed E-state index contributed by atoms with van der Waals surface area (Å²) in [7, 11) is 1.64. The molecule has 0 aliphatic carbocycles. The van der Waals surface area contributed by atoms with Gasteiger partial charge >= 0.3 is 0 Å². The van der Waals surface area contributed by atoms with Gasteiger partial charge in [-0.3, -0.25) is 0 Å². The number of ether oxygens (including phenoxy) is 1. The topological polar surface area (TPSA) is 21.3 Å². The third kappa shape index (κ3) is 5.51. The van der Waals surface area contributed by atoms with Crippen LogP contribution < -0.4 is 5.32 Å². The number of nitrogens with one attached hydrogen (secondary N) is 1. The quantitative estimate of drug-likeness (QED) is 0.585. The van der Waals surface area contributed by atoms with Crippen LogP contribution in [0.15, 0.2) is 12.1 Å². The fourth-order valence-corrected chi connectivity index (χ4v) is 1.92. The van der Waals surface area contributed by atoms with Gasteiger partial charge in [0.2, 0.25) is 0 Å². The molecule has 0 bridgehead atoms. The molecule has 2 nitrogen and oxygen atoms in total. The first kappa shape index (κ1) is 17.0. The van der Waals surface area contributed by atoms with Crippen molar-refractivity contribution in [2.45, 2.75) is 26.7 Å². The zero-order valence-electron chi connectivity index (χ0n) is 12.2. The lowest BCUT2D eigenvalue weighted by Crippen LogP contribution is -2.32. The summed E-state index contributed by atoms with van der Waals surface area (Å²) in [6.07, 6.45) is 1.05. The molecule has 1 aromatic rings. The minimum Gasteiger partial charge on any atom is -0.383 e. The maximum absolute atomic E-state index is 13.5. The van der Waals surface area contributed by atoms with Crippen LogP contribution in [0.2, 0.25) is 0 Å². The van der Waals surface area contributed by atoms with Crippen molar-refractivity contribution < 1.29 is 17.9 Å². The smallest absolute Gasteiger partial charge is 0.161 e. The summed E-state index contributed by atoms with van der Waals surface area (Å²) in [4.78, 5) is 0. The van der Waals surface area contributed by atoms with E-state index in [1.165, 1.54) is 0 Å². The molecular weight excluding hydrogens is 267 g/mol. The Morgan fingerprint density at radius 3 is 2.40 bits per heavy atom. The molecule has 0 atom stereocenters. The van der Waals surface area contributed by atoms with Gasteiger partial charge in [0, 0.05) is 26.3 Å². The fourth-order valence-electron chi connectivity index (χ4n) is 1.92. The summed E-state index contributed by atoms with van der Waals surface area (Å²) in [6.45, 7) is 6.23. The van der Waals surface area contributed by atoms with Crippen molar-refractivity contribution in [1.29, 1.82) is 0 Å². The van der Waals surface area contributed by atoms with Crippen molar-refractivity contribution in [2.75, 3.05) is 26.8 Å². The average molecular weight is 289 g/mol. The van der Waals surface area contributed by atoms with Gasteiger partial charge in [-0.15, -0.1) is 0 Å². The van der Waals surface area contributed by atoms with Crippen molar-refractivity contribution in [1.82, 2.24) is 5.32 Å². The summed E-state index contributed by atoms with van der Waals surface area (Å²) in [6, 6.07) is 1.55. The second kappa shape index (κ2) is 7.64. The number of methoxy groups -OCH3 is 1. The highest BCUT2D eigenvalue weighted by molar-refractivity contribution is 5.20. The molecule has 5 heteroatoms. The summed E-state index contributed by atoms with van der Waals surface area (Å²) in [5.41, 5.74) is 0.152.